The van der Waals surface area contributed by atoms with Crippen LogP contribution in [0.5, 0.6) is 0 Å². The fourth-order valence-corrected chi connectivity index (χ4v) is 1.36. The summed E-state index contributed by atoms with van der Waals surface area (Å²) in [6, 6.07) is 5.33. The Morgan fingerprint density at radius 2 is 2.06 bits per heavy atom. The third kappa shape index (κ3) is 4.95. The maximum atomic E-state index is 12.9. The number of halogens is 1. The SMILES string of the molecule is CCCCNC(=O)CNC(=O)c1cccc(F)c1. The molecule has 0 aliphatic heterocycles. The van der Waals surface area contributed by atoms with Gasteiger partial charge in [-0.05, 0) is 24.6 Å². The van der Waals surface area contributed by atoms with Crippen LogP contribution in [0.3, 0.4) is 0 Å². The van der Waals surface area contributed by atoms with Crippen LogP contribution in [0.25, 0.3) is 0 Å². The first kappa shape index (κ1) is 14.2. The van der Waals surface area contributed by atoms with Crippen LogP contribution in [-0.4, -0.2) is 24.9 Å². The predicted octanol–water partition coefficient (Wildman–Crippen LogP) is 1.47. The van der Waals surface area contributed by atoms with E-state index < -0.39 is 11.7 Å². The van der Waals surface area contributed by atoms with Crippen molar-refractivity contribution < 1.29 is 14.0 Å². The van der Waals surface area contributed by atoms with Crippen LogP contribution >= 0.6 is 0 Å². The lowest BCUT2D eigenvalue weighted by molar-refractivity contribution is -0.120. The van der Waals surface area contributed by atoms with Crippen molar-refractivity contribution in [2.24, 2.45) is 0 Å². The average Bonchev–Trinajstić information content (AvgIpc) is 2.36. The maximum Gasteiger partial charge on any atom is 0.251 e. The van der Waals surface area contributed by atoms with Gasteiger partial charge in [-0.2, -0.15) is 0 Å². The Labute approximate surface area is 106 Å². The van der Waals surface area contributed by atoms with E-state index in [2.05, 4.69) is 10.6 Å². The normalized spacial score (nSPS) is 9.89. The minimum atomic E-state index is -0.477. The molecule has 4 nitrogen and oxygen atoms in total. The topological polar surface area (TPSA) is 58.2 Å². The zero-order valence-corrected chi connectivity index (χ0v) is 10.3. The molecule has 0 unspecified atom stereocenters. The molecule has 1 rings (SSSR count). The molecule has 0 spiro atoms. The van der Waals surface area contributed by atoms with Crippen LogP contribution in [0.1, 0.15) is 30.1 Å². The third-order valence-corrected chi connectivity index (χ3v) is 2.35. The van der Waals surface area contributed by atoms with Gasteiger partial charge in [0.15, 0.2) is 0 Å². The van der Waals surface area contributed by atoms with E-state index in [4.69, 9.17) is 0 Å². The van der Waals surface area contributed by atoms with Crippen molar-refractivity contribution in [1.82, 2.24) is 10.6 Å². The van der Waals surface area contributed by atoms with Gasteiger partial charge in [0.25, 0.3) is 5.91 Å². The van der Waals surface area contributed by atoms with Gasteiger partial charge in [-0.15, -0.1) is 0 Å². The largest absolute Gasteiger partial charge is 0.355 e. The van der Waals surface area contributed by atoms with Crippen molar-refractivity contribution in [2.75, 3.05) is 13.1 Å². The molecular weight excluding hydrogens is 235 g/mol. The summed E-state index contributed by atoms with van der Waals surface area (Å²) in [5.74, 6) is -1.18. The maximum absolute atomic E-state index is 12.9. The first-order valence-electron chi connectivity index (χ1n) is 5.94. The van der Waals surface area contributed by atoms with Crippen LogP contribution in [0.15, 0.2) is 24.3 Å². The first-order valence-corrected chi connectivity index (χ1v) is 5.94. The number of hydrogen-bond acceptors (Lipinski definition) is 2. The number of hydrogen-bond donors (Lipinski definition) is 2. The van der Waals surface area contributed by atoms with E-state index in [0.717, 1.165) is 18.9 Å². The second-order valence-electron chi connectivity index (χ2n) is 3.90. The summed E-state index contributed by atoms with van der Waals surface area (Å²) >= 11 is 0. The second-order valence-corrected chi connectivity index (χ2v) is 3.90. The van der Waals surface area contributed by atoms with Gasteiger partial charge in [-0.25, -0.2) is 4.39 Å². The molecule has 0 bridgehead atoms. The molecule has 0 aliphatic rings. The predicted molar refractivity (Wildman–Crippen MR) is 66.7 cm³/mol. The highest BCUT2D eigenvalue weighted by Crippen LogP contribution is 2.02. The molecule has 0 saturated heterocycles. The smallest absolute Gasteiger partial charge is 0.251 e. The van der Waals surface area contributed by atoms with Crippen LogP contribution in [0.4, 0.5) is 4.39 Å². The van der Waals surface area contributed by atoms with E-state index in [-0.39, 0.29) is 18.0 Å². The molecule has 0 saturated carbocycles. The molecule has 0 aliphatic carbocycles. The summed E-state index contributed by atoms with van der Waals surface area (Å²) in [6.45, 7) is 2.53. The van der Waals surface area contributed by atoms with Gasteiger partial charge in [0.2, 0.25) is 5.91 Å². The van der Waals surface area contributed by atoms with E-state index in [1.54, 1.807) is 0 Å². The Morgan fingerprint density at radius 3 is 2.72 bits per heavy atom. The molecule has 18 heavy (non-hydrogen) atoms. The van der Waals surface area contributed by atoms with Gasteiger partial charge < -0.3 is 10.6 Å². The third-order valence-electron chi connectivity index (χ3n) is 2.35. The molecule has 1 aromatic rings. The highest BCUT2D eigenvalue weighted by Gasteiger charge is 2.08. The molecule has 0 radical (unpaired) electrons. The van der Waals surface area contributed by atoms with Gasteiger partial charge in [-0.1, -0.05) is 19.4 Å². The summed E-state index contributed by atoms with van der Waals surface area (Å²) in [6.07, 6.45) is 1.90. The Hall–Kier alpha value is -1.91. The highest BCUT2D eigenvalue weighted by molar-refractivity contribution is 5.96. The zero-order valence-electron chi connectivity index (χ0n) is 10.3. The Balaban J connectivity index is 2.35. The number of amides is 2. The second kappa shape index (κ2) is 7.42. The molecule has 1 aromatic carbocycles. The highest BCUT2D eigenvalue weighted by atomic mass is 19.1. The van der Waals surface area contributed by atoms with Crippen molar-refractivity contribution in [1.29, 1.82) is 0 Å². The number of rotatable bonds is 6. The number of unbranched alkanes of at least 4 members (excludes halogenated alkanes) is 1. The van der Waals surface area contributed by atoms with E-state index >= 15 is 0 Å². The molecule has 0 aromatic heterocycles. The molecule has 98 valence electrons. The number of carbonyl (C=O) groups is 2. The van der Waals surface area contributed by atoms with Crippen LogP contribution in [-0.2, 0) is 4.79 Å². The summed E-state index contributed by atoms with van der Waals surface area (Å²) in [5, 5.41) is 5.11. The minimum Gasteiger partial charge on any atom is -0.355 e. The zero-order chi connectivity index (χ0) is 13.4. The van der Waals surface area contributed by atoms with Crippen molar-refractivity contribution in [3.05, 3.63) is 35.6 Å². The first-order chi connectivity index (χ1) is 8.63. The molecule has 2 amide bonds. The van der Waals surface area contributed by atoms with E-state index in [1.807, 2.05) is 6.92 Å². The van der Waals surface area contributed by atoms with Crippen molar-refractivity contribution >= 4 is 11.8 Å². The quantitative estimate of drug-likeness (QED) is 0.753. The molecule has 0 heterocycles. The molecular formula is C13H17FN2O2. The number of benzene rings is 1. The Kier molecular flexibility index (Phi) is 5.84. The lowest BCUT2D eigenvalue weighted by Gasteiger charge is -2.06. The molecule has 5 heteroatoms. The molecule has 2 N–H and O–H groups in total. The van der Waals surface area contributed by atoms with Crippen molar-refractivity contribution in [2.45, 2.75) is 19.8 Å². The average molecular weight is 252 g/mol. The fraction of sp³-hybridized carbons (Fsp3) is 0.385. The van der Waals surface area contributed by atoms with Gasteiger partial charge in [0, 0.05) is 12.1 Å². The molecule has 0 atom stereocenters. The van der Waals surface area contributed by atoms with Gasteiger partial charge >= 0.3 is 0 Å². The standard InChI is InChI=1S/C13H17FN2O2/c1-2-3-7-15-12(17)9-16-13(18)10-5-4-6-11(14)8-10/h4-6,8H,2-3,7,9H2,1H3,(H,15,17)(H,16,18). The van der Waals surface area contributed by atoms with E-state index in [1.165, 1.54) is 18.2 Å². The van der Waals surface area contributed by atoms with Gasteiger partial charge in [0.05, 0.1) is 6.54 Å². The minimum absolute atomic E-state index is 0.0982. The van der Waals surface area contributed by atoms with Gasteiger partial charge in [-0.3, -0.25) is 9.59 Å². The van der Waals surface area contributed by atoms with Crippen LogP contribution in [0.2, 0.25) is 0 Å². The summed E-state index contributed by atoms with van der Waals surface area (Å²) in [4.78, 5) is 22.9. The van der Waals surface area contributed by atoms with Crippen LogP contribution in [0, 0.1) is 5.82 Å². The molecule has 0 fully saturated rings. The summed E-state index contributed by atoms with van der Waals surface area (Å²) in [5.41, 5.74) is 0.205. The van der Waals surface area contributed by atoms with E-state index in [0.29, 0.717) is 6.54 Å². The van der Waals surface area contributed by atoms with Crippen molar-refractivity contribution in [3.8, 4) is 0 Å². The Bertz CT molecular complexity index is 421. The summed E-state index contributed by atoms with van der Waals surface area (Å²) < 4.78 is 12.9. The van der Waals surface area contributed by atoms with E-state index in [9.17, 15) is 14.0 Å². The van der Waals surface area contributed by atoms with Crippen LogP contribution < -0.4 is 10.6 Å². The lowest BCUT2D eigenvalue weighted by Crippen LogP contribution is -2.37. The monoisotopic (exact) mass is 252 g/mol. The Morgan fingerprint density at radius 1 is 1.28 bits per heavy atom. The fourth-order valence-electron chi connectivity index (χ4n) is 1.36. The van der Waals surface area contributed by atoms with Crippen molar-refractivity contribution in [3.63, 3.8) is 0 Å². The lowest BCUT2D eigenvalue weighted by atomic mass is 10.2. The van der Waals surface area contributed by atoms with Gasteiger partial charge in [0.1, 0.15) is 5.82 Å². The number of nitrogens with one attached hydrogen (secondary N) is 2. The number of carbonyl (C=O) groups excluding carboxylic acids is 2. The summed E-state index contributed by atoms with van der Waals surface area (Å²) in [7, 11) is 0.